The van der Waals surface area contributed by atoms with Gasteiger partial charge in [-0.2, -0.15) is 4.68 Å². The van der Waals surface area contributed by atoms with Crippen molar-refractivity contribution in [2.75, 3.05) is 0 Å². The summed E-state index contributed by atoms with van der Waals surface area (Å²) in [7, 11) is 0. The van der Waals surface area contributed by atoms with Crippen molar-refractivity contribution in [1.82, 2.24) is 30.2 Å². The SMILES string of the molecule is CC#Cc1cccc(-n2nn[nH]c2=O)c1COc1ccn(O)n1. The Labute approximate surface area is 130 Å². The van der Waals surface area contributed by atoms with Crippen molar-refractivity contribution in [1.29, 1.82) is 0 Å². The number of nitrogens with zero attached hydrogens (tertiary/aromatic N) is 5. The molecule has 23 heavy (non-hydrogen) atoms. The van der Waals surface area contributed by atoms with Gasteiger partial charge in [0.15, 0.2) is 0 Å². The van der Waals surface area contributed by atoms with Crippen LogP contribution in [0.4, 0.5) is 0 Å². The van der Waals surface area contributed by atoms with Crippen LogP contribution in [0.2, 0.25) is 0 Å². The third kappa shape index (κ3) is 2.91. The van der Waals surface area contributed by atoms with E-state index in [2.05, 4.69) is 32.5 Å². The number of hydrogen-bond acceptors (Lipinski definition) is 6. The molecule has 0 unspecified atom stereocenters. The van der Waals surface area contributed by atoms with E-state index in [1.165, 1.54) is 12.3 Å². The molecule has 0 spiro atoms. The lowest BCUT2D eigenvalue weighted by Gasteiger charge is -2.11. The highest BCUT2D eigenvalue weighted by Crippen LogP contribution is 2.19. The van der Waals surface area contributed by atoms with Crippen LogP contribution >= 0.6 is 0 Å². The van der Waals surface area contributed by atoms with Gasteiger partial charge in [-0.15, -0.1) is 10.8 Å². The molecule has 2 heterocycles. The van der Waals surface area contributed by atoms with E-state index < -0.39 is 5.69 Å². The van der Waals surface area contributed by atoms with E-state index in [-0.39, 0.29) is 12.5 Å². The van der Waals surface area contributed by atoms with E-state index in [9.17, 15) is 4.79 Å². The fourth-order valence-corrected chi connectivity index (χ4v) is 2.05. The van der Waals surface area contributed by atoms with Crippen molar-refractivity contribution in [2.45, 2.75) is 13.5 Å². The number of ether oxygens (including phenoxy) is 1. The van der Waals surface area contributed by atoms with Crippen molar-refractivity contribution in [2.24, 2.45) is 0 Å². The monoisotopic (exact) mass is 312 g/mol. The molecule has 0 bridgehead atoms. The number of benzene rings is 1. The molecule has 116 valence electrons. The maximum atomic E-state index is 11.8. The van der Waals surface area contributed by atoms with Gasteiger partial charge < -0.3 is 9.94 Å². The predicted octanol–water partition coefficient (Wildman–Crippen LogP) is 0.340. The Kier molecular flexibility index (Phi) is 3.80. The number of aromatic nitrogens is 6. The Hall–Kier alpha value is -3.54. The average Bonchev–Trinajstić information content (AvgIpc) is 3.14. The molecule has 0 atom stereocenters. The van der Waals surface area contributed by atoms with E-state index in [0.29, 0.717) is 21.7 Å². The molecule has 0 aliphatic carbocycles. The van der Waals surface area contributed by atoms with Crippen LogP contribution in [0.15, 0.2) is 35.3 Å². The first-order chi connectivity index (χ1) is 11.2. The van der Waals surface area contributed by atoms with Gasteiger partial charge in [0.1, 0.15) is 6.61 Å². The van der Waals surface area contributed by atoms with E-state index in [0.717, 1.165) is 4.68 Å². The van der Waals surface area contributed by atoms with Gasteiger partial charge in [-0.05, 0) is 29.5 Å². The summed E-state index contributed by atoms with van der Waals surface area (Å²) in [4.78, 5) is 12.4. The normalized spacial score (nSPS) is 10.1. The van der Waals surface area contributed by atoms with E-state index in [1.807, 2.05) is 6.07 Å². The molecule has 2 aromatic heterocycles. The maximum absolute atomic E-state index is 11.8. The first kappa shape index (κ1) is 14.4. The maximum Gasteiger partial charge on any atom is 0.365 e. The second kappa shape index (κ2) is 6.07. The Morgan fingerprint density at radius 1 is 1.39 bits per heavy atom. The zero-order chi connectivity index (χ0) is 16.2. The summed E-state index contributed by atoms with van der Waals surface area (Å²) in [5.74, 6) is 6.02. The molecular weight excluding hydrogens is 300 g/mol. The second-order valence-electron chi connectivity index (χ2n) is 4.46. The van der Waals surface area contributed by atoms with Gasteiger partial charge in [0.2, 0.25) is 5.88 Å². The molecule has 0 amide bonds. The molecule has 3 aromatic rings. The van der Waals surface area contributed by atoms with Crippen molar-refractivity contribution < 1.29 is 9.94 Å². The van der Waals surface area contributed by atoms with Crippen LogP contribution in [0, 0.1) is 11.8 Å². The van der Waals surface area contributed by atoms with Gasteiger partial charge in [0, 0.05) is 17.2 Å². The molecule has 0 radical (unpaired) electrons. The number of nitrogens with one attached hydrogen (secondary N) is 1. The van der Waals surface area contributed by atoms with Gasteiger partial charge >= 0.3 is 5.69 Å². The summed E-state index contributed by atoms with van der Waals surface area (Å²) < 4.78 is 6.67. The largest absolute Gasteiger partial charge is 0.472 e. The molecular formula is C14H12N6O3. The Balaban J connectivity index is 2.02. The fourth-order valence-electron chi connectivity index (χ4n) is 2.05. The van der Waals surface area contributed by atoms with E-state index in [1.54, 1.807) is 19.1 Å². The molecule has 0 aliphatic heterocycles. The third-order valence-corrected chi connectivity index (χ3v) is 3.03. The highest BCUT2D eigenvalue weighted by atomic mass is 16.5. The average molecular weight is 312 g/mol. The van der Waals surface area contributed by atoms with Gasteiger partial charge in [-0.1, -0.05) is 17.1 Å². The minimum atomic E-state index is -0.465. The van der Waals surface area contributed by atoms with Crippen molar-refractivity contribution in [3.8, 4) is 23.4 Å². The van der Waals surface area contributed by atoms with Crippen LogP contribution in [0.25, 0.3) is 5.69 Å². The van der Waals surface area contributed by atoms with Crippen molar-refractivity contribution in [3.63, 3.8) is 0 Å². The van der Waals surface area contributed by atoms with Crippen LogP contribution in [-0.4, -0.2) is 35.4 Å². The lowest BCUT2D eigenvalue weighted by molar-refractivity contribution is 0.141. The Morgan fingerprint density at radius 2 is 2.26 bits per heavy atom. The minimum Gasteiger partial charge on any atom is -0.472 e. The lowest BCUT2D eigenvalue weighted by Crippen LogP contribution is -2.18. The smallest absolute Gasteiger partial charge is 0.365 e. The molecule has 1 aromatic carbocycles. The summed E-state index contributed by atoms with van der Waals surface area (Å²) >= 11 is 0. The predicted molar refractivity (Wildman–Crippen MR) is 78.3 cm³/mol. The fraction of sp³-hybridized carbons (Fsp3) is 0.143. The molecule has 3 rings (SSSR count). The molecule has 0 fully saturated rings. The van der Waals surface area contributed by atoms with Crippen molar-refractivity contribution >= 4 is 0 Å². The van der Waals surface area contributed by atoms with Crippen molar-refractivity contribution in [3.05, 3.63) is 52.1 Å². The standard InChI is InChI=1S/C14H12N6O3/c1-2-4-10-5-3-6-12(20-14(21)15-17-18-20)11(10)9-23-13-7-8-19(22)16-13/h3,5-8,22H,9H2,1H3,(H,15,18,21). The Bertz CT molecular complexity index is 943. The van der Waals surface area contributed by atoms with Crippen LogP contribution in [0.3, 0.4) is 0 Å². The molecule has 2 N–H and O–H groups in total. The quantitative estimate of drug-likeness (QED) is 0.531. The molecule has 0 saturated carbocycles. The highest BCUT2D eigenvalue weighted by Gasteiger charge is 2.14. The summed E-state index contributed by atoms with van der Waals surface area (Å²) in [6, 6.07) is 6.81. The number of H-pyrrole nitrogens is 1. The summed E-state index contributed by atoms with van der Waals surface area (Å²) in [5.41, 5.74) is 1.40. The molecule has 9 heteroatoms. The molecule has 0 aliphatic rings. The van der Waals surface area contributed by atoms with E-state index in [4.69, 9.17) is 9.94 Å². The number of aromatic amines is 1. The van der Waals surface area contributed by atoms with Crippen LogP contribution < -0.4 is 10.4 Å². The lowest BCUT2D eigenvalue weighted by atomic mass is 10.1. The Morgan fingerprint density at radius 3 is 2.91 bits per heavy atom. The first-order valence-corrected chi connectivity index (χ1v) is 6.62. The van der Waals surface area contributed by atoms with Crippen LogP contribution in [0.5, 0.6) is 5.88 Å². The zero-order valence-electron chi connectivity index (χ0n) is 12.1. The van der Waals surface area contributed by atoms with Crippen LogP contribution in [0.1, 0.15) is 18.1 Å². The minimum absolute atomic E-state index is 0.0937. The number of tetrazole rings is 1. The topological polar surface area (TPSA) is 111 Å². The summed E-state index contributed by atoms with van der Waals surface area (Å²) in [6.45, 7) is 1.81. The van der Waals surface area contributed by atoms with Gasteiger partial charge in [-0.3, -0.25) is 0 Å². The zero-order valence-corrected chi connectivity index (χ0v) is 12.1. The highest BCUT2D eigenvalue weighted by molar-refractivity contribution is 5.51. The van der Waals surface area contributed by atoms with Gasteiger partial charge in [0.25, 0.3) is 0 Å². The van der Waals surface area contributed by atoms with Gasteiger partial charge in [0.05, 0.1) is 11.9 Å². The molecule has 9 nitrogen and oxygen atoms in total. The molecule has 0 saturated heterocycles. The van der Waals surface area contributed by atoms with Crippen LogP contribution in [-0.2, 0) is 6.61 Å². The number of hydrogen-bond donors (Lipinski definition) is 2. The van der Waals surface area contributed by atoms with E-state index >= 15 is 0 Å². The second-order valence-corrected chi connectivity index (χ2v) is 4.46. The first-order valence-electron chi connectivity index (χ1n) is 6.62. The third-order valence-electron chi connectivity index (χ3n) is 3.03. The summed E-state index contributed by atoms with van der Waals surface area (Å²) in [6.07, 6.45) is 1.34. The number of rotatable bonds is 4. The van der Waals surface area contributed by atoms with Gasteiger partial charge in [-0.25, -0.2) is 9.89 Å². The summed E-state index contributed by atoms with van der Waals surface area (Å²) in [5, 5.41) is 22.4.